The lowest BCUT2D eigenvalue weighted by Gasteiger charge is -2.40. The Kier molecular flexibility index (Phi) is 6.45. The van der Waals surface area contributed by atoms with Crippen molar-refractivity contribution >= 4 is 34.2 Å². The van der Waals surface area contributed by atoms with Crippen molar-refractivity contribution in [3.63, 3.8) is 0 Å². The predicted molar refractivity (Wildman–Crippen MR) is 141 cm³/mol. The quantitative estimate of drug-likeness (QED) is 0.557. The lowest BCUT2D eigenvalue weighted by molar-refractivity contribution is 0.0115. The van der Waals surface area contributed by atoms with E-state index in [9.17, 15) is 4.79 Å². The number of rotatable bonds is 5. The molecule has 0 atom stereocenters. The van der Waals surface area contributed by atoms with Gasteiger partial charge < -0.3 is 20.7 Å². The third kappa shape index (κ3) is 4.62. The van der Waals surface area contributed by atoms with E-state index in [1.54, 1.807) is 16.8 Å². The number of nitrogens with one attached hydrogen (secondary N) is 1. The second-order valence-corrected chi connectivity index (χ2v) is 10.1. The Hall–Kier alpha value is -3.24. The number of hydrogen-bond donors (Lipinski definition) is 2. The molecule has 1 saturated carbocycles. The molecule has 0 radical (unpaired) electrons. The van der Waals surface area contributed by atoms with Crippen molar-refractivity contribution in [2.45, 2.75) is 50.6 Å². The van der Waals surface area contributed by atoms with Crippen LogP contribution in [0, 0.1) is 0 Å². The molecular formula is C26H34N8O2. The fourth-order valence-corrected chi connectivity index (χ4v) is 5.88. The fourth-order valence-electron chi connectivity index (χ4n) is 5.88. The van der Waals surface area contributed by atoms with Crippen LogP contribution in [0.25, 0.3) is 11.0 Å². The Morgan fingerprint density at radius 3 is 2.44 bits per heavy atom. The molecule has 3 N–H and O–H groups in total. The maximum absolute atomic E-state index is 12.9. The number of nitrogens with zero attached hydrogens (tertiary/aromatic N) is 6. The van der Waals surface area contributed by atoms with Gasteiger partial charge >= 0.3 is 0 Å². The highest BCUT2D eigenvalue weighted by atomic mass is 16.5. The molecule has 3 fully saturated rings. The van der Waals surface area contributed by atoms with Gasteiger partial charge in [0.1, 0.15) is 11.5 Å². The second-order valence-electron chi connectivity index (χ2n) is 10.1. The molecule has 3 aromatic rings. The van der Waals surface area contributed by atoms with Gasteiger partial charge in [0.2, 0.25) is 5.95 Å². The Labute approximate surface area is 210 Å². The molecule has 0 spiro atoms. The number of hydrogen-bond acceptors (Lipinski definition) is 9. The minimum Gasteiger partial charge on any atom is -0.394 e. The molecule has 190 valence electrons. The van der Waals surface area contributed by atoms with E-state index in [2.05, 4.69) is 20.1 Å². The summed E-state index contributed by atoms with van der Waals surface area (Å²) >= 11 is 0. The Morgan fingerprint density at radius 2 is 1.72 bits per heavy atom. The average molecular weight is 491 g/mol. The van der Waals surface area contributed by atoms with Crippen LogP contribution in [0.2, 0.25) is 0 Å². The van der Waals surface area contributed by atoms with Crippen LogP contribution in [0.5, 0.6) is 0 Å². The van der Waals surface area contributed by atoms with Gasteiger partial charge in [-0.1, -0.05) is 12.8 Å². The van der Waals surface area contributed by atoms with E-state index in [1.165, 1.54) is 0 Å². The van der Waals surface area contributed by atoms with Crippen molar-refractivity contribution in [3.05, 3.63) is 40.9 Å². The summed E-state index contributed by atoms with van der Waals surface area (Å²) < 4.78 is 7.27. The number of piperidine rings is 1. The lowest BCUT2D eigenvalue weighted by atomic mass is 10.0. The number of anilines is 4. The van der Waals surface area contributed by atoms with Crippen molar-refractivity contribution in [2.24, 2.45) is 0 Å². The van der Waals surface area contributed by atoms with Crippen molar-refractivity contribution < 1.29 is 4.74 Å². The topological polar surface area (TPSA) is 114 Å². The van der Waals surface area contributed by atoms with E-state index >= 15 is 0 Å². The second kappa shape index (κ2) is 10.0. The SMILES string of the molecule is Nc1cc2cnc(Nc3ccc(N4CCC(N5CCOCC5)CC4)nc3)nc2n(C2CCCC2)c1=O. The number of ether oxygens (including phenoxy) is 1. The maximum atomic E-state index is 12.9. The van der Waals surface area contributed by atoms with Crippen LogP contribution in [0.15, 0.2) is 35.4 Å². The van der Waals surface area contributed by atoms with Crippen LogP contribution in [0.4, 0.5) is 23.1 Å². The summed E-state index contributed by atoms with van der Waals surface area (Å²) in [6.45, 7) is 5.82. The first-order valence-corrected chi connectivity index (χ1v) is 13.1. The van der Waals surface area contributed by atoms with E-state index < -0.39 is 0 Å². The molecule has 6 rings (SSSR count). The van der Waals surface area contributed by atoms with Crippen molar-refractivity contribution in [1.29, 1.82) is 0 Å². The molecule has 2 saturated heterocycles. The van der Waals surface area contributed by atoms with Gasteiger partial charge in [-0.25, -0.2) is 9.97 Å². The summed E-state index contributed by atoms with van der Waals surface area (Å²) in [7, 11) is 0. The summed E-state index contributed by atoms with van der Waals surface area (Å²) in [6.07, 6.45) is 10.0. The normalized spacial score (nSPS) is 20.3. The minimum atomic E-state index is -0.164. The van der Waals surface area contributed by atoms with E-state index in [0.29, 0.717) is 17.6 Å². The van der Waals surface area contributed by atoms with Crippen LogP contribution >= 0.6 is 0 Å². The van der Waals surface area contributed by atoms with Gasteiger partial charge in [0, 0.05) is 49.8 Å². The molecule has 2 aliphatic heterocycles. The standard InChI is InChI=1S/C26H34N8O2/c27-22-15-18-16-29-26(31-24(18)34(25(22)35)21-3-1-2-4-21)30-19-5-6-23(28-17-19)33-9-7-20(8-10-33)32-11-13-36-14-12-32/h5-6,15-17,20-21H,1-4,7-14,27H2,(H,29,30,31). The van der Waals surface area contributed by atoms with Gasteiger partial charge in [0.05, 0.1) is 30.8 Å². The molecule has 3 aromatic heterocycles. The molecule has 36 heavy (non-hydrogen) atoms. The third-order valence-electron chi connectivity index (χ3n) is 7.85. The van der Waals surface area contributed by atoms with Crippen LogP contribution in [-0.2, 0) is 4.74 Å². The van der Waals surface area contributed by atoms with Crippen molar-refractivity contribution in [2.75, 3.05) is 55.3 Å². The van der Waals surface area contributed by atoms with Gasteiger partial charge in [-0.05, 0) is 43.9 Å². The zero-order valence-corrected chi connectivity index (χ0v) is 20.6. The molecule has 0 bridgehead atoms. The number of aromatic nitrogens is 4. The molecule has 10 nitrogen and oxygen atoms in total. The fraction of sp³-hybridized carbons (Fsp3) is 0.538. The number of nitrogen functional groups attached to an aromatic ring is 1. The van der Waals surface area contributed by atoms with Gasteiger partial charge in [-0.3, -0.25) is 14.3 Å². The number of fused-ring (bicyclic) bond motifs is 1. The van der Waals surface area contributed by atoms with Crippen LogP contribution in [0.1, 0.15) is 44.6 Å². The summed E-state index contributed by atoms with van der Waals surface area (Å²) in [6, 6.07) is 6.52. The van der Waals surface area contributed by atoms with Crippen molar-refractivity contribution in [1.82, 2.24) is 24.4 Å². The van der Waals surface area contributed by atoms with Crippen LogP contribution in [-0.4, -0.2) is 69.9 Å². The highest BCUT2D eigenvalue weighted by Gasteiger charge is 2.26. The Balaban J connectivity index is 1.15. The van der Waals surface area contributed by atoms with Gasteiger partial charge in [-0.15, -0.1) is 0 Å². The molecule has 1 aliphatic carbocycles. The number of nitrogens with two attached hydrogens (primary N) is 1. The van der Waals surface area contributed by atoms with Gasteiger partial charge in [0.25, 0.3) is 5.56 Å². The minimum absolute atomic E-state index is 0.139. The number of pyridine rings is 2. The van der Waals surface area contributed by atoms with Gasteiger partial charge in [0.15, 0.2) is 0 Å². The molecule has 0 unspecified atom stereocenters. The molecule has 10 heteroatoms. The largest absolute Gasteiger partial charge is 0.394 e. The monoisotopic (exact) mass is 490 g/mol. The zero-order chi connectivity index (χ0) is 24.5. The smallest absolute Gasteiger partial charge is 0.275 e. The first kappa shape index (κ1) is 23.2. The first-order chi connectivity index (χ1) is 17.7. The molecule has 3 aliphatic rings. The highest BCUT2D eigenvalue weighted by Crippen LogP contribution is 2.31. The van der Waals surface area contributed by atoms with E-state index in [4.69, 9.17) is 20.4 Å². The Bertz CT molecular complexity index is 1260. The third-order valence-corrected chi connectivity index (χ3v) is 7.85. The highest BCUT2D eigenvalue weighted by molar-refractivity contribution is 5.79. The van der Waals surface area contributed by atoms with Crippen LogP contribution < -0.4 is 21.5 Å². The van der Waals surface area contributed by atoms with E-state index in [0.717, 1.165) is 94.8 Å². The maximum Gasteiger partial charge on any atom is 0.275 e. The van der Waals surface area contributed by atoms with E-state index in [1.807, 2.05) is 18.3 Å². The van der Waals surface area contributed by atoms with E-state index in [-0.39, 0.29) is 17.3 Å². The lowest BCUT2D eigenvalue weighted by Crippen LogP contribution is -2.49. The molecule has 0 amide bonds. The summed E-state index contributed by atoms with van der Waals surface area (Å²) in [5.74, 6) is 1.44. The van der Waals surface area contributed by atoms with Crippen molar-refractivity contribution in [3.8, 4) is 0 Å². The Morgan fingerprint density at radius 1 is 0.944 bits per heavy atom. The van der Waals surface area contributed by atoms with Crippen LogP contribution in [0.3, 0.4) is 0 Å². The predicted octanol–water partition coefficient (Wildman–Crippen LogP) is 2.93. The average Bonchev–Trinajstić information content (AvgIpc) is 3.45. The number of morpholine rings is 1. The first-order valence-electron chi connectivity index (χ1n) is 13.1. The zero-order valence-electron chi connectivity index (χ0n) is 20.6. The molecular weight excluding hydrogens is 456 g/mol. The summed E-state index contributed by atoms with van der Waals surface area (Å²) in [4.78, 5) is 31.7. The molecule has 0 aromatic carbocycles. The summed E-state index contributed by atoms with van der Waals surface area (Å²) in [5.41, 5.74) is 7.53. The van der Waals surface area contributed by atoms with Gasteiger partial charge in [-0.2, -0.15) is 4.98 Å². The molecule has 5 heterocycles. The summed E-state index contributed by atoms with van der Waals surface area (Å²) in [5, 5.41) is 4.04.